The van der Waals surface area contributed by atoms with Crippen molar-refractivity contribution in [1.29, 1.82) is 0 Å². The highest BCUT2D eigenvalue weighted by Gasteiger charge is 2.09. The molecule has 0 spiro atoms. The fourth-order valence-electron chi connectivity index (χ4n) is 1.96. The van der Waals surface area contributed by atoms with Gasteiger partial charge in [-0.3, -0.25) is 0 Å². The van der Waals surface area contributed by atoms with Crippen LogP contribution in [0.5, 0.6) is 11.5 Å². The van der Waals surface area contributed by atoms with E-state index in [0.717, 1.165) is 23.6 Å². The van der Waals surface area contributed by atoms with Crippen LogP contribution < -0.4 is 14.8 Å². The quantitative estimate of drug-likeness (QED) is 0.820. The Balaban J connectivity index is 2.80. The topological polar surface area (TPSA) is 30.5 Å². The number of anilines is 1. The van der Waals surface area contributed by atoms with E-state index in [1.54, 1.807) is 14.2 Å². The van der Waals surface area contributed by atoms with Crippen LogP contribution in [0, 0.1) is 5.92 Å². The largest absolute Gasteiger partial charge is 0.497 e. The van der Waals surface area contributed by atoms with Gasteiger partial charge in [-0.15, -0.1) is 0 Å². The van der Waals surface area contributed by atoms with E-state index in [1.165, 1.54) is 0 Å². The van der Waals surface area contributed by atoms with Gasteiger partial charge < -0.3 is 14.8 Å². The third kappa shape index (κ3) is 4.17. The summed E-state index contributed by atoms with van der Waals surface area (Å²) in [5.74, 6) is 2.36. The second kappa shape index (κ2) is 6.38. The number of nitrogens with one attached hydrogen (secondary N) is 1. The van der Waals surface area contributed by atoms with Gasteiger partial charge >= 0.3 is 0 Å². The molecule has 17 heavy (non-hydrogen) atoms. The maximum atomic E-state index is 5.33. The van der Waals surface area contributed by atoms with Crippen LogP contribution in [0.2, 0.25) is 0 Å². The molecule has 0 aliphatic carbocycles. The third-order valence-electron chi connectivity index (χ3n) is 2.63. The smallest absolute Gasteiger partial charge is 0.142 e. The van der Waals surface area contributed by atoms with E-state index in [9.17, 15) is 0 Å². The Morgan fingerprint density at radius 1 is 1.12 bits per heavy atom. The van der Waals surface area contributed by atoms with Gasteiger partial charge in [-0.25, -0.2) is 0 Å². The molecule has 0 heterocycles. The van der Waals surface area contributed by atoms with Crippen LogP contribution in [-0.4, -0.2) is 20.3 Å². The molecule has 0 aliphatic heterocycles. The lowest BCUT2D eigenvalue weighted by Gasteiger charge is -2.19. The zero-order chi connectivity index (χ0) is 12.8. The monoisotopic (exact) mass is 237 g/mol. The average molecular weight is 237 g/mol. The first-order valence-electron chi connectivity index (χ1n) is 6.05. The predicted octanol–water partition coefficient (Wildman–Crippen LogP) is 3.55. The molecule has 0 fully saturated rings. The average Bonchev–Trinajstić information content (AvgIpc) is 2.27. The summed E-state index contributed by atoms with van der Waals surface area (Å²) in [5, 5.41) is 3.46. The number of ether oxygens (including phenoxy) is 2. The van der Waals surface area contributed by atoms with E-state index in [0.29, 0.717) is 12.0 Å². The molecule has 1 unspecified atom stereocenters. The zero-order valence-electron chi connectivity index (χ0n) is 11.4. The van der Waals surface area contributed by atoms with E-state index in [-0.39, 0.29) is 0 Å². The fraction of sp³-hybridized carbons (Fsp3) is 0.571. The summed E-state index contributed by atoms with van der Waals surface area (Å²) in [6.07, 6.45) is 1.13. The van der Waals surface area contributed by atoms with Gasteiger partial charge in [0.1, 0.15) is 11.5 Å². The molecule has 0 aromatic heterocycles. The summed E-state index contributed by atoms with van der Waals surface area (Å²) in [6.45, 7) is 6.63. The van der Waals surface area contributed by atoms with Crippen molar-refractivity contribution in [2.24, 2.45) is 5.92 Å². The minimum Gasteiger partial charge on any atom is -0.497 e. The Morgan fingerprint density at radius 3 is 2.35 bits per heavy atom. The molecule has 1 rings (SSSR count). The van der Waals surface area contributed by atoms with Gasteiger partial charge in [0.15, 0.2) is 0 Å². The molecule has 1 aromatic carbocycles. The van der Waals surface area contributed by atoms with Crippen molar-refractivity contribution in [3.63, 3.8) is 0 Å². The first-order valence-corrected chi connectivity index (χ1v) is 6.05. The van der Waals surface area contributed by atoms with Crippen molar-refractivity contribution >= 4 is 5.69 Å². The summed E-state index contributed by atoms with van der Waals surface area (Å²) >= 11 is 0. The van der Waals surface area contributed by atoms with Crippen LogP contribution >= 0.6 is 0 Å². The SMILES string of the molecule is COc1ccc(OC)c(NC(C)CC(C)C)c1. The summed E-state index contributed by atoms with van der Waals surface area (Å²) in [7, 11) is 3.35. The molecule has 3 heteroatoms. The van der Waals surface area contributed by atoms with Crippen LogP contribution in [0.1, 0.15) is 27.2 Å². The Labute approximate surface area is 104 Å². The van der Waals surface area contributed by atoms with Gasteiger partial charge in [-0.1, -0.05) is 13.8 Å². The normalized spacial score (nSPS) is 12.4. The van der Waals surface area contributed by atoms with Crippen molar-refractivity contribution in [2.45, 2.75) is 33.2 Å². The molecule has 0 saturated carbocycles. The molecule has 0 aliphatic rings. The van der Waals surface area contributed by atoms with Crippen molar-refractivity contribution in [2.75, 3.05) is 19.5 Å². The molecule has 0 saturated heterocycles. The second-order valence-electron chi connectivity index (χ2n) is 4.74. The number of benzene rings is 1. The van der Waals surface area contributed by atoms with E-state index >= 15 is 0 Å². The standard InChI is InChI=1S/C14H23NO2/c1-10(2)8-11(3)15-13-9-12(16-4)6-7-14(13)17-5/h6-7,9-11,15H,8H2,1-5H3. The molecule has 96 valence electrons. The van der Waals surface area contributed by atoms with Crippen molar-refractivity contribution in [1.82, 2.24) is 0 Å². The Bertz CT molecular complexity index is 350. The van der Waals surface area contributed by atoms with Gasteiger partial charge in [0, 0.05) is 12.1 Å². The Morgan fingerprint density at radius 2 is 1.82 bits per heavy atom. The summed E-state index contributed by atoms with van der Waals surface area (Å²) in [4.78, 5) is 0. The fourth-order valence-corrected chi connectivity index (χ4v) is 1.96. The molecule has 0 bridgehead atoms. The van der Waals surface area contributed by atoms with Crippen LogP contribution in [0.3, 0.4) is 0 Å². The van der Waals surface area contributed by atoms with Crippen molar-refractivity contribution in [3.05, 3.63) is 18.2 Å². The Kier molecular flexibility index (Phi) is 5.13. The van der Waals surface area contributed by atoms with Crippen LogP contribution in [-0.2, 0) is 0 Å². The van der Waals surface area contributed by atoms with Gasteiger partial charge in [0.05, 0.1) is 19.9 Å². The second-order valence-corrected chi connectivity index (χ2v) is 4.74. The minimum atomic E-state index is 0.413. The lowest BCUT2D eigenvalue weighted by Crippen LogP contribution is -2.17. The van der Waals surface area contributed by atoms with Crippen LogP contribution in [0.15, 0.2) is 18.2 Å². The van der Waals surface area contributed by atoms with Crippen molar-refractivity contribution < 1.29 is 9.47 Å². The number of hydrogen-bond donors (Lipinski definition) is 1. The molecular formula is C14H23NO2. The third-order valence-corrected chi connectivity index (χ3v) is 2.63. The lowest BCUT2D eigenvalue weighted by molar-refractivity contribution is 0.403. The minimum absolute atomic E-state index is 0.413. The van der Waals surface area contributed by atoms with Crippen LogP contribution in [0.25, 0.3) is 0 Å². The zero-order valence-corrected chi connectivity index (χ0v) is 11.4. The van der Waals surface area contributed by atoms with Gasteiger partial charge in [0.25, 0.3) is 0 Å². The molecule has 3 nitrogen and oxygen atoms in total. The molecule has 0 radical (unpaired) electrons. The van der Waals surface area contributed by atoms with Gasteiger partial charge in [-0.2, -0.15) is 0 Å². The Hall–Kier alpha value is -1.38. The highest BCUT2D eigenvalue weighted by molar-refractivity contribution is 5.60. The highest BCUT2D eigenvalue weighted by Crippen LogP contribution is 2.29. The maximum Gasteiger partial charge on any atom is 0.142 e. The molecule has 1 N–H and O–H groups in total. The van der Waals surface area contributed by atoms with Crippen molar-refractivity contribution in [3.8, 4) is 11.5 Å². The maximum absolute atomic E-state index is 5.33. The van der Waals surface area contributed by atoms with E-state index < -0.39 is 0 Å². The number of rotatable bonds is 6. The molecular weight excluding hydrogens is 214 g/mol. The first kappa shape index (κ1) is 13.7. The van der Waals surface area contributed by atoms with E-state index in [1.807, 2.05) is 18.2 Å². The summed E-state index contributed by atoms with van der Waals surface area (Å²) in [5.41, 5.74) is 0.986. The van der Waals surface area contributed by atoms with Crippen LogP contribution in [0.4, 0.5) is 5.69 Å². The van der Waals surface area contributed by atoms with E-state index in [4.69, 9.17) is 9.47 Å². The van der Waals surface area contributed by atoms with E-state index in [2.05, 4.69) is 26.1 Å². The van der Waals surface area contributed by atoms with Gasteiger partial charge in [-0.05, 0) is 31.4 Å². The molecule has 0 amide bonds. The lowest BCUT2D eigenvalue weighted by atomic mass is 10.0. The first-order chi connectivity index (χ1) is 8.06. The van der Waals surface area contributed by atoms with Gasteiger partial charge in [0.2, 0.25) is 0 Å². The number of hydrogen-bond acceptors (Lipinski definition) is 3. The predicted molar refractivity (Wildman–Crippen MR) is 72.1 cm³/mol. The summed E-state index contributed by atoms with van der Waals surface area (Å²) in [6, 6.07) is 6.20. The number of methoxy groups -OCH3 is 2. The highest BCUT2D eigenvalue weighted by atomic mass is 16.5. The summed E-state index contributed by atoms with van der Waals surface area (Å²) < 4.78 is 10.6. The molecule has 1 atom stereocenters. The molecule has 1 aromatic rings.